The Morgan fingerprint density at radius 1 is 1.14 bits per heavy atom. The van der Waals surface area contributed by atoms with E-state index in [9.17, 15) is 0 Å². The molecule has 2 heterocycles. The van der Waals surface area contributed by atoms with Crippen LogP contribution in [0.5, 0.6) is 0 Å². The first kappa shape index (κ1) is 19.4. The average Bonchev–Trinajstić information content (AvgIpc) is 3.11. The number of aryl methyl sites for hydroxylation is 1. The maximum absolute atomic E-state index is 5.50. The second-order valence-electron chi connectivity index (χ2n) is 7.63. The van der Waals surface area contributed by atoms with E-state index in [1.54, 1.807) is 0 Å². The first-order valence-electron chi connectivity index (χ1n) is 9.87. The van der Waals surface area contributed by atoms with E-state index < -0.39 is 0 Å². The third-order valence-corrected chi connectivity index (χ3v) is 7.20. The fraction of sp³-hybridized carbons (Fsp3) is 0.348. The summed E-state index contributed by atoms with van der Waals surface area (Å²) in [6, 6.07) is 18.0. The van der Waals surface area contributed by atoms with Crippen molar-refractivity contribution in [1.29, 1.82) is 0 Å². The fourth-order valence-electron chi connectivity index (χ4n) is 3.90. The minimum Gasteiger partial charge on any atom is -0.362 e. The van der Waals surface area contributed by atoms with Crippen molar-refractivity contribution < 1.29 is 0 Å². The molecule has 0 spiro atoms. The van der Waals surface area contributed by atoms with Crippen molar-refractivity contribution in [2.75, 3.05) is 20.1 Å². The molecular weight excluding hydrogens is 382 g/mol. The second kappa shape index (κ2) is 8.60. The lowest BCUT2D eigenvalue weighted by Crippen LogP contribution is -2.47. The van der Waals surface area contributed by atoms with Gasteiger partial charge in [0, 0.05) is 35.3 Å². The number of thiocarbonyl (C=S) groups is 1. The van der Waals surface area contributed by atoms with Gasteiger partial charge in [0.1, 0.15) is 0 Å². The summed E-state index contributed by atoms with van der Waals surface area (Å²) in [6.07, 6.45) is 2.07. The zero-order valence-electron chi connectivity index (χ0n) is 16.5. The molecule has 3 nitrogen and oxygen atoms in total. The van der Waals surface area contributed by atoms with Crippen molar-refractivity contribution >= 4 is 38.8 Å². The predicted molar refractivity (Wildman–Crippen MR) is 124 cm³/mol. The van der Waals surface area contributed by atoms with Gasteiger partial charge in [0.2, 0.25) is 0 Å². The van der Waals surface area contributed by atoms with Crippen molar-refractivity contribution in [2.24, 2.45) is 0 Å². The van der Waals surface area contributed by atoms with Crippen LogP contribution in [0.3, 0.4) is 0 Å². The second-order valence-corrected chi connectivity index (χ2v) is 9.18. The summed E-state index contributed by atoms with van der Waals surface area (Å²) >= 11 is 7.40. The van der Waals surface area contributed by atoms with Gasteiger partial charge in [-0.3, -0.25) is 4.90 Å². The molecule has 1 aliphatic rings. The molecule has 0 fully saturated rings. The molecule has 1 aromatic heterocycles. The summed E-state index contributed by atoms with van der Waals surface area (Å²) in [7, 11) is 2.20. The van der Waals surface area contributed by atoms with Crippen molar-refractivity contribution in [3.63, 3.8) is 0 Å². The van der Waals surface area contributed by atoms with Crippen LogP contribution in [0, 0.1) is 6.92 Å². The number of likely N-dealkylation sites (N-methyl/N-ethyl adjacent to an activating group) is 1. The molecule has 0 aliphatic carbocycles. The van der Waals surface area contributed by atoms with Crippen LogP contribution in [0.2, 0.25) is 0 Å². The van der Waals surface area contributed by atoms with Crippen molar-refractivity contribution in [3.05, 3.63) is 70.1 Å². The van der Waals surface area contributed by atoms with E-state index in [0.717, 1.165) is 37.6 Å². The number of benzene rings is 2. The Bertz CT molecular complexity index is 979. The molecule has 0 radical (unpaired) electrons. The number of nitrogens with zero attached hydrogens (tertiary/aromatic N) is 1. The Kier molecular flexibility index (Phi) is 5.95. The molecule has 0 bridgehead atoms. The monoisotopic (exact) mass is 409 g/mol. The van der Waals surface area contributed by atoms with Crippen LogP contribution in [-0.4, -0.2) is 36.2 Å². The van der Waals surface area contributed by atoms with Crippen molar-refractivity contribution in [1.82, 2.24) is 15.5 Å². The molecule has 1 aliphatic heterocycles. The standard InChI is InChI=1S/C23H27N3S2/c1-16-6-5-9-18-13-21(28-22(16)18)10-11-24-23(27)25-14-20-12-17-7-3-4-8-19(17)15-26(20)2/h3-9,13,20H,10-12,14-15H2,1-2H3,(H2,24,25,27). The summed E-state index contributed by atoms with van der Waals surface area (Å²) < 4.78 is 1.40. The van der Waals surface area contributed by atoms with E-state index in [1.807, 2.05) is 11.3 Å². The minimum atomic E-state index is 0.472. The number of thiophene rings is 1. The van der Waals surface area contributed by atoms with Gasteiger partial charge in [-0.2, -0.15) is 0 Å². The Hall–Kier alpha value is -1.95. The molecule has 5 heteroatoms. The van der Waals surface area contributed by atoms with Gasteiger partial charge >= 0.3 is 0 Å². The van der Waals surface area contributed by atoms with Crippen LogP contribution in [-0.2, 0) is 19.4 Å². The lowest BCUT2D eigenvalue weighted by molar-refractivity contribution is 0.216. The van der Waals surface area contributed by atoms with Gasteiger partial charge in [-0.15, -0.1) is 11.3 Å². The molecule has 4 rings (SSSR count). The Labute approximate surface area is 176 Å². The van der Waals surface area contributed by atoms with E-state index in [4.69, 9.17) is 12.2 Å². The number of fused-ring (bicyclic) bond motifs is 2. The van der Waals surface area contributed by atoms with Crippen molar-refractivity contribution in [3.8, 4) is 0 Å². The van der Waals surface area contributed by atoms with Crippen LogP contribution in [0.1, 0.15) is 21.6 Å². The third-order valence-electron chi connectivity index (χ3n) is 5.56. The summed E-state index contributed by atoms with van der Waals surface area (Å²) in [6.45, 7) is 4.93. The van der Waals surface area contributed by atoms with Crippen LogP contribution in [0.25, 0.3) is 10.1 Å². The molecule has 1 atom stereocenters. The van der Waals surface area contributed by atoms with E-state index in [-0.39, 0.29) is 0 Å². The normalized spacial score (nSPS) is 16.7. The van der Waals surface area contributed by atoms with Crippen LogP contribution in [0.15, 0.2) is 48.5 Å². The van der Waals surface area contributed by atoms with Gasteiger partial charge < -0.3 is 10.6 Å². The number of nitrogens with one attached hydrogen (secondary N) is 2. The van der Waals surface area contributed by atoms with Gasteiger partial charge in [0.05, 0.1) is 0 Å². The molecule has 0 saturated heterocycles. The molecule has 2 aromatic carbocycles. The van der Waals surface area contributed by atoms with E-state index in [0.29, 0.717) is 6.04 Å². The quantitative estimate of drug-likeness (QED) is 0.616. The van der Waals surface area contributed by atoms with Gasteiger partial charge in [0.25, 0.3) is 0 Å². The highest BCUT2D eigenvalue weighted by Crippen LogP contribution is 2.28. The number of hydrogen-bond donors (Lipinski definition) is 2. The zero-order valence-corrected chi connectivity index (χ0v) is 18.1. The van der Waals surface area contributed by atoms with Gasteiger partial charge in [-0.1, -0.05) is 42.5 Å². The van der Waals surface area contributed by atoms with Crippen molar-refractivity contribution in [2.45, 2.75) is 32.4 Å². The SMILES string of the molecule is Cc1cccc2cc(CCNC(=S)NCC3Cc4ccccc4CN3C)sc12. The maximum Gasteiger partial charge on any atom is 0.166 e. The van der Waals surface area contributed by atoms with Gasteiger partial charge in [-0.25, -0.2) is 0 Å². The van der Waals surface area contributed by atoms with Crippen LogP contribution >= 0.6 is 23.6 Å². The topological polar surface area (TPSA) is 27.3 Å². The van der Waals surface area contributed by atoms with E-state index in [1.165, 1.54) is 31.7 Å². The van der Waals surface area contributed by atoms with Crippen LogP contribution in [0.4, 0.5) is 0 Å². The van der Waals surface area contributed by atoms with Gasteiger partial charge in [0.15, 0.2) is 5.11 Å². The molecule has 2 N–H and O–H groups in total. The first-order chi connectivity index (χ1) is 13.6. The summed E-state index contributed by atoms with van der Waals surface area (Å²) in [4.78, 5) is 3.82. The first-order valence-corrected chi connectivity index (χ1v) is 11.1. The fourth-order valence-corrected chi connectivity index (χ4v) is 5.22. The maximum atomic E-state index is 5.50. The lowest BCUT2D eigenvalue weighted by atomic mass is 9.94. The highest BCUT2D eigenvalue weighted by atomic mass is 32.1. The Morgan fingerprint density at radius 2 is 1.96 bits per heavy atom. The predicted octanol–water partition coefficient (Wildman–Crippen LogP) is 4.27. The average molecular weight is 410 g/mol. The Morgan fingerprint density at radius 3 is 2.79 bits per heavy atom. The molecule has 0 amide bonds. The number of rotatable bonds is 5. The lowest BCUT2D eigenvalue weighted by Gasteiger charge is -2.34. The Balaban J connectivity index is 1.24. The molecule has 28 heavy (non-hydrogen) atoms. The molecular formula is C23H27N3S2. The highest BCUT2D eigenvalue weighted by Gasteiger charge is 2.22. The largest absolute Gasteiger partial charge is 0.362 e. The highest BCUT2D eigenvalue weighted by molar-refractivity contribution is 7.80. The summed E-state index contributed by atoms with van der Waals surface area (Å²) in [5.74, 6) is 0. The zero-order chi connectivity index (χ0) is 19.5. The minimum absolute atomic E-state index is 0.472. The molecule has 1 unspecified atom stereocenters. The summed E-state index contributed by atoms with van der Waals surface area (Å²) in [5, 5.41) is 8.89. The number of hydrogen-bond acceptors (Lipinski definition) is 3. The van der Waals surface area contributed by atoms with E-state index in [2.05, 4.69) is 78.0 Å². The molecule has 0 saturated carbocycles. The van der Waals surface area contributed by atoms with Gasteiger partial charge in [-0.05, 0) is 67.2 Å². The molecule has 146 valence electrons. The van der Waals surface area contributed by atoms with Crippen LogP contribution < -0.4 is 10.6 Å². The van der Waals surface area contributed by atoms with E-state index >= 15 is 0 Å². The smallest absolute Gasteiger partial charge is 0.166 e. The summed E-state index contributed by atoms with van der Waals surface area (Å²) in [5.41, 5.74) is 4.27. The molecule has 3 aromatic rings. The third kappa shape index (κ3) is 4.37.